The minimum atomic E-state index is -3.08. The van der Waals surface area contributed by atoms with E-state index in [1.807, 2.05) is 59.5 Å². The van der Waals surface area contributed by atoms with E-state index in [0.29, 0.717) is 0 Å². The third kappa shape index (κ3) is 4.95. The van der Waals surface area contributed by atoms with E-state index in [4.69, 9.17) is 0 Å². The number of hydrogen-bond acceptors (Lipinski definition) is 5. The van der Waals surface area contributed by atoms with Gasteiger partial charge in [-0.2, -0.15) is 0 Å². The van der Waals surface area contributed by atoms with Crippen LogP contribution < -0.4 is 10.9 Å². The quantitative estimate of drug-likeness (QED) is 0.519. The second-order valence-electron chi connectivity index (χ2n) is 7.57. The molecule has 1 aliphatic rings. The van der Waals surface area contributed by atoms with Crippen molar-refractivity contribution in [2.75, 3.05) is 24.6 Å². The van der Waals surface area contributed by atoms with Gasteiger partial charge in [-0.1, -0.05) is 48.5 Å². The molecule has 8 nitrogen and oxygen atoms in total. The molecule has 162 valence electrons. The number of hydrazine groups is 1. The van der Waals surface area contributed by atoms with Gasteiger partial charge in [0.2, 0.25) is 5.91 Å². The van der Waals surface area contributed by atoms with E-state index < -0.39 is 21.8 Å². The van der Waals surface area contributed by atoms with E-state index in [1.54, 1.807) is 6.20 Å². The van der Waals surface area contributed by atoms with Crippen LogP contribution in [0.5, 0.6) is 0 Å². The molecule has 1 aliphatic heterocycles. The molecule has 0 radical (unpaired) electrons. The third-order valence-corrected chi connectivity index (χ3v) is 7.07. The molecule has 1 aromatic heterocycles. The predicted molar refractivity (Wildman–Crippen MR) is 118 cm³/mol. The first-order valence-corrected chi connectivity index (χ1v) is 11.9. The van der Waals surface area contributed by atoms with E-state index in [2.05, 4.69) is 15.8 Å². The number of hydrogen-bond donors (Lipinski definition) is 3. The van der Waals surface area contributed by atoms with Gasteiger partial charge < -0.3 is 4.98 Å². The summed E-state index contributed by atoms with van der Waals surface area (Å²) in [6.45, 7) is 0.525. The Labute approximate surface area is 180 Å². The number of H-pyrrole nitrogens is 1. The highest BCUT2D eigenvalue weighted by Gasteiger charge is 2.32. The van der Waals surface area contributed by atoms with Crippen LogP contribution in [0.3, 0.4) is 0 Å². The number of amides is 2. The molecule has 1 atom stereocenters. The van der Waals surface area contributed by atoms with Crippen molar-refractivity contribution in [2.45, 2.75) is 12.5 Å². The van der Waals surface area contributed by atoms with Gasteiger partial charge in [0, 0.05) is 30.2 Å². The van der Waals surface area contributed by atoms with Gasteiger partial charge in [0.1, 0.15) is 6.04 Å². The zero-order valence-corrected chi connectivity index (χ0v) is 17.7. The molecule has 0 bridgehead atoms. The van der Waals surface area contributed by atoms with Crippen molar-refractivity contribution in [2.24, 2.45) is 0 Å². The lowest BCUT2D eigenvalue weighted by Gasteiger charge is -2.33. The van der Waals surface area contributed by atoms with Crippen molar-refractivity contribution in [3.63, 3.8) is 0 Å². The molecule has 4 rings (SSSR count). The SMILES string of the molecule is O=C(Cc1c[nH]c2ccccc12)NNC(=O)C(c1ccccc1)N1CCS(=O)(=O)CC1. The minimum Gasteiger partial charge on any atom is -0.361 e. The van der Waals surface area contributed by atoms with Gasteiger partial charge in [0.15, 0.2) is 9.84 Å². The number of nitrogens with zero attached hydrogens (tertiary/aromatic N) is 1. The highest BCUT2D eigenvalue weighted by Crippen LogP contribution is 2.23. The number of benzene rings is 2. The number of nitrogens with one attached hydrogen (secondary N) is 3. The van der Waals surface area contributed by atoms with E-state index in [0.717, 1.165) is 22.0 Å². The number of aromatic amines is 1. The van der Waals surface area contributed by atoms with Crippen LogP contribution in [-0.4, -0.2) is 54.7 Å². The average molecular weight is 441 g/mol. The monoisotopic (exact) mass is 440 g/mol. The second kappa shape index (κ2) is 8.91. The Kier molecular flexibility index (Phi) is 6.06. The summed E-state index contributed by atoms with van der Waals surface area (Å²) in [5, 5.41) is 0.959. The topological polar surface area (TPSA) is 111 Å². The normalized spacial score (nSPS) is 17.2. The summed E-state index contributed by atoms with van der Waals surface area (Å²) in [4.78, 5) is 30.4. The highest BCUT2D eigenvalue weighted by molar-refractivity contribution is 7.91. The summed E-state index contributed by atoms with van der Waals surface area (Å²) in [5.74, 6) is -0.725. The molecular formula is C22H24N4O4S. The summed E-state index contributed by atoms with van der Waals surface area (Å²) in [6, 6.07) is 16.1. The first-order valence-electron chi connectivity index (χ1n) is 10.1. The first-order chi connectivity index (χ1) is 14.9. The maximum atomic E-state index is 13.0. The maximum absolute atomic E-state index is 13.0. The van der Waals surface area contributed by atoms with Crippen LogP contribution in [0.25, 0.3) is 10.9 Å². The number of carbonyl (C=O) groups is 2. The molecule has 2 aromatic carbocycles. The Morgan fingerprint density at radius 1 is 0.968 bits per heavy atom. The smallest absolute Gasteiger partial charge is 0.260 e. The van der Waals surface area contributed by atoms with E-state index in [1.165, 1.54) is 0 Å². The zero-order chi connectivity index (χ0) is 21.8. The number of carbonyl (C=O) groups excluding carboxylic acids is 2. The lowest BCUT2D eigenvalue weighted by Crippen LogP contribution is -2.51. The van der Waals surface area contributed by atoms with Gasteiger partial charge >= 0.3 is 0 Å². The standard InChI is InChI=1S/C22H24N4O4S/c27-20(14-17-15-23-19-9-5-4-8-18(17)19)24-25-22(28)21(16-6-2-1-3-7-16)26-10-12-31(29,30)13-11-26/h1-9,15,21,23H,10-14H2,(H,24,27)(H,25,28). The molecule has 3 aromatic rings. The van der Waals surface area contributed by atoms with Gasteiger partial charge in [-0.3, -0.25) is 25.3 Å². The molecule has 9 heteroatoms. The maximum Gasteiger partial charge on any atom is 0.260 e. The molecule has 1 unspecified atom stereocenters. The summed E-state index contributed by atoms with van der Waals surface area (Å²) in [6.07, 6.45) is 1.90. The third-order valence-electron chi connectivity index (χ3n) is 5.46. The Morgan fingerprint density at radius 2 is 1.65 bits per heavy atom. The molecule has 1 fully saturated rings. The van der Waals surface area contributed by atoms with E-state index in [9.17, 15) is 18.0 Å². The first kappa shape index (κ1) is 21.1. The molecule has 2 heterocycles. The minimum absolute atomic E-state index is 0.0105. The lowest BCUT2D eigenvalue weighted by molar-refractivity contribution is -0.132. The molecule has 0 saturated carbocycles. The Hall–Kier alpha value is -3.17. The fourth-order valence-corrected chi connectivity index (χ4v) is 5.07. The van der Waals surface area contributed by atoms with E-state index >= 15 is 0 Å². The van der Waals surface area contributed by atoms with Crippen LogP contribution >= 0.6 is 0 Å². The van der Waals surface area contributed by atoms with Gasteiger partial charge in [0.25, 0.3) is 5.91 Å². The van der Waals surface area contributed by atoms with Crippen molar-refractivity contribution in [3.05, 3.63) is 71.9 Å². The Morgan fingerprint density at radius 3 is 2.39 bits per heavy atom. The van der Waals surface area contributed by atoms with Crippen molar-refractivity contribution in [1.82, 2.24) is 20.7 Å². The fraction of sp³-hybridized carbons (Fsp3) is 0.273. The molecule has 3 N–H and O–H groups in total. The van der Waals surface area contributed by atoms with Crippen LogP contribution in [0.2, 0.25) is 0 Å². The Balaban J connectivity index is 1.43. The number of sulfone groups is 1. The summed E-state index contributed by atoms with van der Waals surface area (Å²) < 4.78 is 23.6. The largest absolute Gasteiger partial charge is 0.361 e. The van der Waals surface area contributed by atoms with Gasteiger partial charge in [-0.25, -0.2) is 8.42 Å². The van der Waals surface area contributed by atoms with Crippen molar-refractivity contribution in [3.8, 4) is 0 Å². The van der Waals surface area contributed by atoms with Gasteiger partial charge in [0.05, 0.1) is 17.9 Å². The summed E-state index contributed by atoms with van der Waals surface area (Å²) >= 11 is 0. The van der Waals surface area contributed by atoms with Crippen LogP contribution in [0.4, 0.5) is 0 Å². The zero-order valence-electron chi connectivity index (χ0n) is 16.9. The van der Waals surface area contributed by atoms with Crippen LogP contribution in [0.1, 0.15) is 17.2 Å². The molecule has 0 spiro atoms. The Bertz CT molecular complexity index is 1180. The molecule has 2 amide bonds. The molecule has 0 aliphatic carbocycles. The fourth-order valence-electron chi connectivity index (χ4n) is 3.84. The van der Waals surface area contributed by atoms with Crippen molar-refractivity contribution >= 4 is 32.6 Å². The second-order valence-corrected chi connectivity index (χ2v) is 9.88. The molecular weight excluding hydrogens is 416 g/mol. The van der Waals surface area contributed by atoms with Gasteiger partial charge in [-0.05, 0) is 17.2 Å². The van der Waals surface area contributed by atoms with Gasteiger partial charge in [-0.15, -0.1) is 0 Å². The lowest BCUT2D eigenvalue weighted by atomic mass is 10.0. The summed E-state index contributed by atoms with van der Waals surface area (Å²) in [7, 11) is -3.08. The van der Waals surface area contributed by atoms with Crippen LogP contribution in [0.15, 0.2) is 60.8 Å². The predicted octanol–water partition coefficient (Wildman–Crippen LogP) is 1.33. The number of fused-ring (bicyclic) bond motifs is 1. The van der Waals surface area contributed by atoms with Crippen molar-refractivity contribution in [1.29, 1.82) is 0 Å². The average Bonchev–Trinajstić information content (AvgIpc) is 3.17. The summed E-state index contributed by atoms with van der Waals surface area (Å²) in [5.41, 5.74) is 7.53. The highest BCUT2D eigenvalue weighted by atomic mass is 32.2. The molecule has 1 saturated heterocycles. The van der Waals surface area contributed by atoms with Crippen molar-refractivity contribution < 1.29 is 18.0 Å². The molecule has 31 heavy (non-hydrogen) atoms. The van der Waals surface area contributed by atoms with E-state index in [-0.39, 0.29) is 36.9 Å². The number of rotatable bonds is 5. The van der Waals surface area contributed by atoms with Crippen LogP contribution in [-0.2, 0) is 25.8 Å². The number of aromatic nitrogens is 1. The number of para-hydroxylation sites is 1. The van der Waals surface area contributed by atoms with Crippen LogP contribution in [0, 0.1) is 0 Å².